The minimum atomic E-state index is 0.507. The quantitative estimate of drug-likeness (QED) is 0.847. The molecule has 0 spiro atoms. The molecule has 2 rings (SSSR count). The molecular formula is C13H16N2S. The third kappa shape index (κ3) is 2.78. The summed E-state index contributed by atoms with van der Waals surface area (Å²) in [7, 11) is 0. The van der Waals surface area contributed by atoms with E-state index in [-0.39, 0.29) is 0 Å². The Bertz CT molecular complexity index is 405. The number of hydrogen-bond donors (Lipinski definition) is 1. The third-order valence-corrected chi connectivity index (χ3v) is 4.49. The van der Waals surface area contributed by atoms with Gasteiger partial charge in [-0.2, -0.15) is 17.0 Å². The highest BCUT2D eigenvalue weighted by molar-refractivity contribution is 8.00. The molecule has 0 radical (unpaired) electrons. The maximum atomic E-state index is 8.79. The molecule has 1 saturated carbocycles. The molecule has 2 nitrogen and oxygen atoms in total. The van der Waals surface area contributed by atoms with Crippen molar-refractivity contribution in [3.63, 3.8) is 0 Å². The summed E-state index contributed by atoms with van der Waals surface area (Å²) in [4.78, 5) is 0. The highest BCUT2D eigenvalue weighted by Crippen LogP contribution is 2.46. The molecule has 0 bridgehead atoms. The van der Waals surface area contributed by atoms with E-state index in [1.807, 2.05) is 30.0 Å². The number of hydrogen-bond acceptors (Lipinski definition) is 3. The summed E-state index contributed by atoms with van der Waals surface area (Å²) in [5.74, 6) is 0. The predicted octanol–water partition coefficient (Wildman–Crippen LogP) is 2.54. The largest absolute Gasteiger partial charge is 0.311 e. The molecule has 0 atom stereocenters. The van der Waals surface area contributed by atoms with E-state index in [0.29, 0.717) is 4.75 Å². The lowest BCUT2D eigenvalue weighted by Gasteiger charge is -2.12. The fraction of sp³-hybridized carbons (Fsp3) is 0.462. The van der Waals surface area contributed by atoms with E-state index < -0.39 is 0 Å². The van der Waals surface area contributed by atoms with Gasteiger partial charge in [0, 0.05) is 17.8 Å². The van der Waals surface area contributed by atoms with Crippen LogP contribution in [0.15, 0.2) is 24.3 Å². The molecule has 1 aromatic carbocycles. The van der Waals surface area contributed by atoms with Crippen LogP contribution in [0.4, 0.5) is 0 Å². The van der Waals surface area contributed by atoms with Crippen LogP contribution in [0.25, 0.3) is 0 Å². The summed E-state index contributed by atoms with van der Waals surface area (Å²) >= 11 is 1.97. The molecule has 0 unspecified atom stereocenters. The average Bonchev–Trinajstić information content (AvgIpc) is 3.10. The van der Waals surface area contributed by atoms with Crippen molar-refractivity contribution < 1.29 is 0 Å². The lowest BCUT2D eigenvalue weighted by molar-refractivity contribution is 0.663. The summed E-state index contributed by atoms with van der Waals surface area (Å²) < 4.78 is 0.507. The van der Waals surface area contributed by atoms with Gasteiger partial charge in [-0.3, -0.25) is 0 Å². The Morgan fingerprint density at radius 2 is 2.31 bits per heavy atom. The molecule has 1 N–H and O–H groups in total. The predicted molar refractivity (Wildman–Crippen MR) is 68.3 cm³/mol. The van der Waals surface area contributed by atoms with Crippen LogP contribution in [0.2, 0.25) is 0 Å². The first kappa shape index (κ1) is 11.5. The Balaban J connectivity index is 1.83. The monoisotopic (exact) mass is 232 g/mol. The SMILES string of the molecule is CSC1(CNCc2cccc(C#N)c2)CC1. The standard InChI is InChI=1S/C13H16N2S/c1-16-13(5-6-13)10-15-9-12-4-2-3-11(7-12)8-14/h2-4,7,15H,5-6,9-10H2,1H3. The minimum absolute atomic E-state index is 0.507. The van der Waals surface area contributed by atoms with Crippen molar-refractivity contribution in [3.05, 3.63) is 35.4 Å². The second kappa shape index (κ2) is 4.90. The molecule has 1 aromatic rings. The van der Waals surface area contributed by atoms with Crippen molar-refractivity contribution in [1.82, 2.24) is 5.32 Å². The van der Waals surface area contributed by atoms with Crippen molar-refractivity contribution in [2.45, 2.75) is 24.1 Å². The van der Waals surface area contributed by atoms with E-state index in [9.17, 15) is 0 Å². The van der Waals surface area contributed by atoms with Gasteiger partial charge in [-0.25, -0.2) is 0 Å². The van der Waals surface area contributed by atoms with Crippen LogP contribution >= 0.6 is 11.8 Å². The summed E-state index contributed by atoms with van der Waals surface area (Å²) in [6.07, 6.45) is 4.85. The zero-order chi connectivity index (χ0) is 11.4. The number of thioether (sulfide) groups is 1. The second-order valence-corrected chi connectivity index (χ2v) is 5.58. The van der Waals surface area contributed by atoms with Gasteiger partial charge in [-0.15, -0.1) is 0 Å². The van der Waals surface area contributed by atoms with Gasteiger partial charge in [0.15, 0.2) is 0 Å². The third-order valence-electron chi connectivity index (χ3n) is 3.07. The van der Waals surface area contributed by atoms with Crippen LogP contribution in [0.3, 0.4) is 0 Å². The van der Waals surface area contributed by atoms with Gasteiger partial charge >= 0.3 is 0 Å². The van der Waals surface area contributed by atoms with Crippen molar-refractivity contribution in [2.75, 3.05) is 12.8 Å². The van der Waals surface area contributed by atoms with Gasteiger partial charge in [0.25, 0.3) is 0 Å². The Morgan fingerprint density at radius 1 is 1.50 bits per heavy atom. The van der Waals surface area contributed by atoms with E-state index in [0.717, 1.165) is 18.7 Å². The molecule has 0 amide bonds. The number of rotatable bonds is 5. The van der Waals surface area contributed by atoms with Crippen molar-refractivity contribution in [2.24, 2.45) is 0 Å². The molecule has 1 aliphatic carbocycles. The molecule has 0 aromatic heterocycles. The van der Waals surface area contributed by atoms with Crippen LogP contribution in [-0.4, -0.2) is 17.5 Å². The van der Waals surface area contributed by atoms with Gasteiger partial charge in [-0.1, -0.05) is 12.1 Å². The molecule has 0 saturated heterocycles. The first-order valence-electron chi connectivity index (χ1n) is 5.53. The number of benzene rings is 1. The minimum Gasteiger partial charge on any atom is -0.311 e. The van der Waals surface area contributed by atoms with Crippen LogP contribution in [0.5, 0.6) is 0 Å². The number of nitrogens with one attached hydrogen (secondary N) is 1. The Morgan fingerprint density at radius 3 is 2.94 bits per heavy atom. The van der Waals surface area contributed by atoms with Gasteiger partial charge < -0.3 is 5.32 Å². The average molecular weight is 232 g/mol. The lowest BCUT2D eigenvalue weighted by Crippen LogP contribution is -2.25. The Labute approximate surface area is 101 Å². The van der Waals surface area contributed by atoms with E-state index in [2.05, 4.69) is 23.7 Å². The highest BCUT2D eigenvalue weighted by Gasteiger charge is 2.41. The normalized spacial score (nSPS) is 16.8. The summed E-state index contributed by atoms with van der Waals surface area (Å²) in [5, 5.41) is 12.3. The van der Waals surface area contributed by atoms with E-state index in [1.165, 1.54) is 18.4 Å². The van der Waals surface area contributed by atoms with Crippen molar-refractivity contribution in [3.8, 4) is 6.07 Å². The van der Waals surface area contributed by atoms with Gasteiger partial charge in [0.05, 0.1) is 11.6 Å². The first-order valence-corrected chi connectivity index (χ1v) is 6.75. The van der Waals surface area contributed by atoms with Crippen molar-refractivity contribution in [1.29, 1.82) is 5.26 Å². The van der Waals surface area contributed by atoms with Gasteiger partial charge in [0.2, 0.25) is 0 Å². The molecule has 3 heteroatoms. The van der Waals surface area contributed by atoms with Gasteiger partial charge in [-0.05, 0) is 36.8 Å². The van der Waals surface area contributed by atoms with Crippen LogP contribution < -0.4 is 5.32 Å². The van der Waals surface area contributed by atoms with Crippen LogP contribution in [-0.2, 0) is 6.54 Å². The Kier molecular flexibility index (Phi) is 3.52. The number of nitrogens with zero attached hydrogens (tertiary/aromatic N) is 1. The highest BCUT2D eigenvalue weighted by atomic mass is 32.2. The molecular weight excluding hydrogens is 216 g/mol. The van der Waals surface area contributed by atoms with E-state index in [4.69, 9.17) is 5.26 Å². The Hall–Kier alpha value is -0.980. The molecule has 0 heterocycles. The summed E-state index contributed by atoms with van der Waals surface area (Å²) in [6.45, 7) is 1.93. The number of nitriles is 1. The van der Waals surface area contributed by atoms with E-state index >= 15 is 0 Å². The lowest BCUT2D eigenvalue weighted by atomic mass is 10.1. The van der Waals surface area contributed by atoms with Crippen LogP contribution in [0, 0.1) is 11.3 Å². The zero-order valence-corrected chi connectivity index (χ0v) is 10.3. The topological polar surface area (TPSA) is 35.8 Å². The van der Waals surface area contributed by atoms with Crippen molar-refractivity contribution >= 4 is 11.8 Å². The zero-order valence-electron chi connectivity index (χ0n) is 9.49. The first-order chi connectivity index (χ1) is 7.78. The smallest absolute Gasteiger partial charge is 0.0991 e. The van der Waals surface area contributed by atoms with Crippen LogP contribution in [0.1, 0.15) is 24.0 Å². The molecule has 0 aliphatic heterocycles. The maximum absolute atomic E-state index is 8.79. The molecule has 1 aliphatic rings. The summed E-state index contributed by atoms with van der Waals surface area (Å²) in [6, 6.07) is 9.96. The maximum Gasteiger partial charge on any atom is 0.0991 e. The molecule has 84 valence electrons. The fourth-order valence-electron chi connectivity index (χ4n) is 1.78. The fourth-order valence-corrected chi connectivity index (χ4v) is 2.53. The molecule has 1 fully saturated rings. The molecule has 16 heavy (non-hydrogen) atoms. The van der Waals surface area contributed by atoms with E-state index in [1.54, 1.807) is 0 Å². The summed E-state index contributed by atoms with van der Waals surface area (Å²) in [5.41, 5.74) is 1.93. The van der Waals surface area contributed by atoms with Gasteiger partial charge in [0.1, 0.15) is 0 Å². The second-order valence-electron chi connectivity index (χ2n) is 4.30.